The second-order valence-corrected chi connectivity index (χ2v) is 6.61. The molecule has 0 aliphatic rings. The maximum Gasteiger partial charge on any atom is 0.473 e. The van der Waals surface area contributed by atoms with Gasteiger partial charge >= 0.3 is 7.82 Å². The van der Waals surface area contributed by atoms with Crippen molar-refractivity contribution >= 4 is 13.6 Å². The minimum absolute atomic E-state index is 0.0747. The van der Waals surface area contributed by atoms with Gasteiger partial charge in [0.05, 0.1) is 21.1 Å². The van der Waals surface area contributed by atoms with Crippen molar-refractivity contribution in [3.63, 3.8) is 0 Å². The highest BCUT2D eigenvalue weighted by atomic mass is 31.2. The molecular weight excluding hydrogens is 257 g/mol. The summed E-state index contributed by atoms with van der Waals surface area (Å²) in [6.45, 7) is 6.99. The molecular formula is C11H23NO5P+. The Morgan fingerprint density at radius 3 is 2.33 bits per heavy atom. The summed E-state index contributed by atoms with van der Waals surface area (Å²) in [6.07, 6.45) is -1.04. The van der Waals surface area contributed by atoms with Crippen molar-refractivity contribution in [2.24, 2.45) is 0 Å². The van der Waals surface area contributed by atoms with Crippen LogP contribution in [-0.4, -0.2) is 55.6 Å². The van der Waals surface area contributed by atoms with Gasteiger partial charge in [0, 0.05) is 0 Å². The summed E-state index contributed by atoms with van der Waals surface area (Å²) in [6, 6.07) is 0. The highest BCUT2D eigenvalue weighted by Gasteiger charge is 2.28. The molecule has 0 heterocycles. The van der Waals surface area contributed by atoms with Gasteiger partial charge in [-0.1, -0.05) is 6.58 Å². The van der Waals surface area contributed by atoms with E-state index < -0.39 is 19.7 Å². The lowest BCUT2D eigenvalue weighted by Gasteiger charge is -2.24. The number of carbonyl (C=O) groups is 1. The minimum atomic E-state index is -4.20. The van der Waals surface area contributed by atoms with Crippen LogP contribution in [-0.2, 0) is 18.4 Å². The standard InChI is InChI=1S/C11H22NO5P/c1-9(2)11(13)10(3)17-18(14,15)16-8-7-12(4,5)6/h10H,1,7-8H2,2-6H3/p+1. The van der Waals surface area contributed by atoms with E-state index >= 15 is 0 Å². The van der Waals surface area contributed by atoms with E-state index in [1.165, 1.54) is 13.8 Å². The van der Waals surface area contributed by atoms with Crippen molar-refractivity contribution in [2.45, 2.75) is 20.0 Å². The topological polar surface area (TPSA) is 72.8 Å². The van der Waals surface area contributed by atoms with Crippen LogP contribution in [0.1, 0.15) is 13.8 Å². The molecule has 0 aromatic heterocycles. The monoisotopic (exact) mass is 280 g/mol. The molecule has 0 radical (unpaired) electrons. The second-order valence-electron chi connectivity index (χ2n) is 5.21. The molecule has 2 unspecified atom stereocenters. The fourth-order valence-corrected chi connectivity index (χ4v) is 1.92. The molecule has 0 aromatic carbocycles. The van der Waals surface area contributed by atoms with Crippen molar-refractivity contribution in [2.75, 3.05) is 34.3 Å². The van der Waals surface area contributed by atoms with Crippen LogP contribution in [0.25, 0.3) is 0 Å². The lowest BCUT2D eigenvalue weighted by Crippen LogP contribution is -2.37. The number of Topliss-reactive ketones (excluding diaryl/α,β-unsaturated/α-hetero) is 1. The highest BCUT2D eigenvalue weighted by Crippen LogP contribution is 2.44. The first-order valence-electron chi connectivity index (χ1n) is 5.60. The quantitative estimate of drug-likeness (QED) is 0.413. The van der Waals surface area contributed by atoms with E-state index in [2.05, 4.69) is 6.58 Å². The molecule has 0 fully saturated rings. The maximum atomic E-state index is 11.6. The third-order valence-electron chi connectivity index (χ3n) is 2.10. The van der Waals surface area contributed by atoms with Crippen LogP contribution in [0.4, 0.5) is 0 Å². The fraction of sp³-hybridized carbons (Fsp3) is 0.727. The van der Waals surface area contributed by atoms with E-state index in [0.29, 0.717) is 11.0 Å². The van der Waals surface area contributed by atoms with E-state index in [1.54, 1.807) is 0 Å². The van der Waals surface area contributed by atoms with Gasteiger partial charge in [0.25, 0.3) is 0 Å². The van der Waals surface area contributed by atoms with Gasteiger partial charge in [-0.05, 0) is 19.4 Å². The van der Waals surface area contributed by atoms with Crippen LogP contribution in [0, 0.1) is 0 Å². The van der Waals surface area contributed by atoms with Crippen LogP contribution < -0.4 is 0 Å². The molecule has 0 saturated heterocycles. The largest absolute Gasteiger partial charge is 0.473 e. The van der Waals surface area contributed by atoms with Gasteiger partial charge < -0.3 is 9.38 Å². The molecule has 0 spiro atoms. The molecule has 0 amide bonds. The van der Waals surface area contributed by atoms with Gasteiger partial charge in [0.2, 0.25) is 0 Å². The number of quaternary nitrogens is 1. The van der Waals surface area contributed by atoms with E-state index in [4.69, 9.17) is 9.05 Å². The number of likely N-dealkylation sites (N-methyl/N-ethyl adjacent to an activating group) is 1. The van der Waals surface area contributed by atoms with Gasteiger partial charge in [0.15, 0.2) is 5.78 Å². The zero-order chi connectivity index (χ0) is 14.6. The van der Waals surface area contributed by atoms with Crippen LogP contribution in [0.5, 0.6) is 0 Å². The average molecular weight is 280 g/mol. The number of hydrogen-bond acceptors (Lipinski definition) is 4. The molecule has 0 aliphatic heterocycles. The molecule has 0 rings (SSSR count). The molecule has 1 N–H and O–H groups in total. The van der Waals surface area contributed by atoms with Crippen molar-refractivity contribution in [3.8, 4) is 0 Å². The van der Waals surface area contributed by atoms with Crippen molar-refractivity contribution in [3.05, 3.63) is 12.2 Å². The van der Waals surface area contributed by atoms with E-state index in [0.717, 1.165) is 0 Å². The summed E-state index contributed by atoms with van der Waals surface area (Å²) in [5, 5.41) is 0. The lowest BCUT2D eigenvalue weighted by molar-refractivity contribution is -0.870. The van der Waals surface area contributed by atoms with Crippen LogP contribution >= 0.6 is 7.82 Å². The summed E-state index contributed by atoms with van der Waals surface area (Å²) in [5.74, 6) is -0.417. The number of phosphoric ester groups is 1. The number of ketones is 1. The summed E-state index contributed by atoms with van der Waals surface area (Å²) >= 11 is 0. The molecule has 7 heteroatoms. The molecule has 0 saturated carbocycles. The first-order chi connectivity index (χ1) is 7.94. The number of carbonyl (C=O) groups excluding carboxylic acids is 1. The summed E-state index contributed by atoms with van der Waals surface area (Å²) in [7, 11) is 1.59. The van der Waals surface area contributed by atoms with E-state index in [1.807, 2.05) is 21.1 Å². The molecule has 0 aromatic rings. The van der Waals surface area contributed by atoms with Crippen LogP contribution in [0.2, 0.25) is 0 Å². The second kappa shape index (κ2) is 6.59. The molecule has 6 nitrogen and oxygen atoms in total. The highest BCUT2D eigenvalue weighted by molar-refractivity contribution is 7.47. The lowest BCUT2D eigenvalue weighted by atomic mass is 10.1. The van der Waals surface area contributed by atoms with E-state index in [-0.39, 0.29) is 12.2 Å². The number of rotatable bonds is 8. The Morgan fingerprint density at radius 2 is 1.94 bits per heavy atom. The maximum absolute atomic E-state index is 11.6. The van der Waals surface area contributed by atoms with Crippen molar-refractivity contribution in [1.82, 2.24) is 0 Å². The summed E-state index contributed by atoms with van der Waals surface area (Å²) < 4.78 is 21.7. The molecule has 2 atom stereocenters. The Morgan fingerprint density at radius 1 is 1.44 bits per heavy atom. The molecule has 106 valence electrons. The summed E-state index contributed by atoms with van der Waals surface area (Å²) in [5.41, 5.74) is 0.272. The third kappa shape index (κ3) is 7.74. The Kier molecular flexibility index (Phi) is 6.40. The predicted molar refractivity (Wildman–Crippen MR) is 69.0 cm³/mol. The molecule has 0 aliphatic carbocycles. The minimum Gasteiger partial charge on any atom is -0.329 e. The SMILES string of the molecule is C=C(C)C(=O)C(C)OP(=O)(O)OCC[N+](C)(C)C. The zero-order valence-corrected chi connectivity index (χ0v) is 12.6. The smallest absolute Gasteiger partial charge is 0.329 e. The van der Waals surface area contributed by atoms with Gasteiger partial charge in [-0.2, -0.15) is 0 Å². The Balaban J connectivity index is 4.27. The van der Waals surface area contributed by atoms with Gasteiger partial charge in [-0.3, -0.25) is 13.8 Å². The first-order valence-corrected chi connectivity index (χ1v) is 7.10. The fourth-order valence-electron chi connectivity index (χ4n) is 1.06. The van der Waals surface area contributed by atoms with Crippen LogP contribution in [0.15, 0.2) is 12.2 Å². The van der Waals surface area contributed by atoms with Gasteiger partial charge in [-0.15, -0.1) is 0 Å². The van der Waals surface area contributed by atoms with Gasteiger partial charge in [-0.25, -0.2) is 4.57 Å². The number of hydrogen-bond donors (Lipinski definition) is 1. The molecule has 18 heavy (non-hydrogen) atoms. The third-order valence-corrected chi connectivity index (χ3v) is 3.19. The van der Waals surface area contributed by atoms with Crippen molar-refractivity contribution < 1.29 is 27.8 Å². The average Bonchev–Trinajstić information content (AvgIpc) is 2.12. The van der Waals surface area contributed by atoms with Gasteiger partial charge in [0.1, 0.15) is 19.3 Å². The molecule has 0 bridgehead atoms. The van der Waals surface area contributed by atoms with E-state index in [9.17, 15) is 14.3 Å². The zero-order valence-electron chi connectivity index (χ0n) is 11.7. The number of phosphoric acid groups is 1. The Labute approximate surface area is 108 Å². The first kappa shape index (κ1) is 17.5. The predicted octanol–water partition coefficient (Wildman–Crippen LogP) is 1.36. The summed E-state index contributed by atoms with van der Waals surface area (Å²) in [4.78, 5) is 20.9. The van der Waals surface area contributed by atoms with Crippen molar-refractivity contribution in [1.29, 1.82) is 0 Å². The Bertz CT molecular complexity index is 361. The number of nitrogens with zero attached hydrogens (tertiary/aromatic N) is 1. The van der Waals surface area contributed by atoms with Crippen LogP contribution in [0.3, 0.4) is 0 Å². The Hall–Kier alpha value is -0.520. The normalized spacial score (nSPS) is 17.0.